The predicted molar refractivity (Wildman–Crippen MR) is 73.7 cm³/mol. The summed E-state index contributed by atoms with van der Waals surface area (Å²) in [5.41, 5.74) is 5.29. The van der Waals surface area contributed by atoms with Crippen molar-refractivity contribution in [3.8, 4) is 0 Å². The van der Waals surface area contributed by atoms with E-state index < -0.39 is 0 Å². The molecular weight excluding hydrogens is 206 g/mol. The van der Waals surface area contributed by atoms with E-state index in [1.807, 2.05) is 0 Å². The lowest BCUT2D eigenvalue weighted by Crippen LogP contribution is -2.59. The zero-order valence-electron chi connectivity index (χ0n) is 11.5. The van der Waals surface area contributed by atoms with E-state index in [1.54, 1.807) is 16.8 Å². The number of hydrogen-bond acceptors (Lipinski definition) is 1. The van der Waals surface area contributed by atoms with E-state index >= 15 is 0 Å². The zero-order chi connectivity index (χ0) is 12.3. The van der Waals surface area contributed by atoms with E-state index in [-0.39, 0.29) is 5.54 Å². The summed E-state index contributed by atoms with van der Waals surface area (Å²) in [6.45, 7) is 10.9. The van der Waals surface area contributed by atoms with E-state index in [2.05, 4.69) is 50.8 Å². The molecule has 3 rings (SSSR count). The van der Waals surface area contributed by atoms with Gasteiger partial charge in [0.15, 0.2) is 0 Å². The lowest BCUT2D eigenvalue weighted by Gasteiger charge is -2.57. The van der Waals surface area contributed by atoms with Crippen molar-refractivity contribution in [1.82, 2.24) is 0 Å². The summed E-state index contributed by atoms with van der Waals surface area (Å²) in [4.78, 5) is 2.67. The fourth-order valence-electron chi connectivity index (χ4n) is 3.49. The van der Waals surface area contributed by atoms with Gasteiger partial charge in [-0.25, -0.2) is 0 Å². The van der Waals surface area contributed by atoms with Crippen molar-refractivity contribution in [2.45, 2.75) is 52.5 Å². The molecule has 0 N–H and O–H groups in total. The molecular formula is C16H23N. The summed E-state index contributed by atoms with van der Waals surface area (Å²) in [6.07, 6.45) is 3.77. The van der Waals surface area contributed by atoms with Gasteiger partial charge in [-0.3, -0.25) is 0 Å². The summed E-state index contributed by atoms with van der Waals surface area (Å²) in [5, 5.41) is 0. The maximum atomic E-state index is 2.67. The van der Waals surface area contributed by atoms with Crippen LogP contribution >= 0.6 is 0 Å². The molecule has 0 radical (unpaired) electrons. The summed E-state index contributed by atoms with van der Waals surface area (Å²) >= 11 is 0. The molecule has 92 valence electrons. The van der Waals surface area contributed by atoms with Gasteiger partial charge in [0.25, 0.3) is 0 Å². The van der Waals surface area contributed by atoms with Crippen molar-refractivity contribution in [2.75, 3.05) is 11.4 Å². The minimum atomic E-state index is 0.260. The second-order valence-corrected chi connectivity index (χ2v) is 6.80. The molecule has 0 bridgehead atoms. The number of aryl methyl sites for hydroxylation is 1. The van der Waals surface area contributed by atoms with Gasteiger partial charge in [0.1, 0.15) is 0 Å². The molecule has 1 aromatic carbocycles. The maximum absolute atomic E-state index is 2.67. The summed E-state index contributed by atoms with van der Waals surface area (Å²) in [7, 11) is 0. The normalized spacial score (nSPS) is 24.4. The van der Waals surface area contributed by atoms with Crippen molar-refractivity contribution < 1.29 is 0 Å². The molecule has 0 atom stereocenters. The highest BCUT2D eigenvalue weighted by atomic mass is 15.2. The first-order chi connectivity index (χ1) is 7.93. The number of nitrogens with zero attached hydrogens (tertiary/aromatic N) is 1. The van der Waals surface area contributed by atoms with Crippen LogP contribution in [-0.4, -0.2) is 12.1 Å². The van der Waals surface area contributed by atoms with Crippen LogP contribution in [0.5, 0.6) is 0 Å². The Bertz CT molecular complexity index is 457. The molecule has 0 aromatic heterocycles. The number of rotatable bonds is 0. The Labute approximate surface area is 105 Å². The average molecular weight is 229 g/mol. The first-order valence-corrected chi connectivity index (χ1v) is 6.82. The van der Waals surface area contributed by atoms with Crippen molar-refractivity contribution >= 4 is 5.69 Å². The third-order valence-corrected chi connectivity index (χ3v) is 5.26. The molecule has 0 fully saturated rings. The summed E-state index contributed by atoms with van der Waals surface area (Å²) < 4.78 is 0. The molecule has 2 heterocycles. The highest BCUT2D eigenvalue weighted by Crippen LogP contribution is 2.50. The van der Waals surface area contributed by atoms with E-state index in [0.717, 1.165) is 0 Å². The van der Waals surface area contributed by atoms with Gasteiger partial charge in [0, 0.05) is 17.8 Å². The molecule has 0 unspecified atom stereocenters. The van der Waals surface area contributed by atoms with Gasteiger partial charge >= 0.3 is 0 Å². The Balaban J connectivity index is 2.23. The second-order valence-electron chi connectivity index (χ2n) is 6.80. The smallest absolute Gasteiger partial charge is 0.0436 e. The number of anilines is 1. The monoisotopic (exact) mass is 229 g/mol. The van der Waals surface area contributed by atoms with Gasteiger partial charge in [-0.15, -0.1) is 0 Å². The fourth-order valence-corrected chi connectivity index (χ4v) is 3.49. The molecule has 0 aliphatic carbocycles. The number of hydrogen-bond donors (Lipinski definition) is 0. The largest absolute Gasteiger partial charge is 0.365 e. The molecule has 0 spiro atoms. The van der Waals surface area contributed by atoms with Crippen molar-refractivity contribution in [1.29, 1.82) is 0 Å². The van der Waals surface area contributed by atoms with Crippen LogP contribution in [-0.2, 0) is 12.8 Å². The fraction of sp³-hybridized carbons (Fsp3) is 0.625. The van der Waals surface area contributed by atoms with Crippen LogP contribution in [0.15, 0.2) is 18.2 Å². The van der Waals surface area contributed by atoms with Gasteiger partial charge in [-0.2, -0.15) is 0 Å². The molecule has 0 saturated carbocycles. The van der Waals surface area contributed by atoms with Crippen molar-refractivity contribution in [2.24, 2.45) is 5.41 Å². The SMILES string of the molecule is CC1(C)Cc2cccc3c2N(CCC3)C1(C)C. The minimum absolute atomic E-state index is 0.260. The third-order valence-electron chi connectivity index (χ3n) is 5.26. The van der Waals surface area contributed by atoms with Crippen molar-refractivity contribution in [3.63, 3.8) is 0 Å². The Morgan fingerprint density at radius 1 is 1.06 bits per heavy atom. The van der Waals surface area contributed by atoms with Gasteiger partial charge in [0.2, 0.25) is 0 Å². The quantitative estimate of drug-likeness (QED) is 0.654. The molecule has 1 nitrogen and oxygen atoms in total. The van der Waals surface area contributed by atoms with Gasteiger partial charge < -0.3 is 4.90 Å². The lowest BCUT2D eigenvalue weighted by atomic mass is 9.65. The first-order valence-electron chi connectivity index (χ1n) is 6.82. The summed E-state index contributed by atoms with van der Waals surface area (Å²) in [6, 6.07) is 6.89. The van der Waals surface area contributed by atoms with E-state index in [0.29, 0.717) is 5.41 Å². The van der Waals surface area contributed by atoms with Gasteiger partial charge in [0.05, 0.1) is 0 Å². The molecule has 0 saturated heterocycles. The topological polar surface area (TPSA) is 3.24 Å². The van der Waals surface area contributed by atoms with Crippen LogP contribution in [0.3, 0.4) is 0 Å². The Hall–Kier alpha value is -0.980. The molecule has 1 heteroatoms. The van der Waals surface area contributed by atoms with E-state index in [1.165, 1.54) is 25.8 Å². The van der Waals surface area contributed by atoms with E-state index in [9.17, 15) is 0 Å². The predicted octanol–water partition coefficient (Wildman–Crippen LogP) is 3.80. The van der Waals surface area contributed by atoms with Gasteiger partial charge in [-0.1, -0.05) is 32.0 Å². The maximum Gasteiger partial charge on any atom is 0.0436 e. The number of para-hydroxylation sites is 1. The van der Waals surface area contributed by atoms with Crippen LogP contribution in [0.25, 0.3) is 0 Å². The van der Waals surface area contributed by atoms with E-state index in [4.69, 9.17) is 0 Å². The molecule has 17 heavy (non-hydrogen) atoms. The van der Waals surface area contributed by atoms with Crippen LogP contribution in [0.2, 0.25) is 0 Å². The summed E-state index contributed by atoms with van der Waals surface area (Å²) in [5.74, 6) is 0. The molecule has 1 aromatic rings. The van der Waals surface area contributed by atoms with Crippen LogP contribution in [0.4, 0.5) is 5.69 Å². The number of benzene rings is 1. The Morgan fingerprint density at radius 2 is 1.76 bits per heavy atom. The van der Waals surface area contributed by atoms with Crippen LogP contribution < -0.4 is 4.90 Å². The standard InChI is InChI=1S/C16H23N/c1-15(2)11-13-8-5-7-12-9-6-10-17(14(12)13)16(15,3)4/h5,7-8H,6,9-11H2,1-4H3. The minimum Gasteiger partial charge on any atom is -0.365 e. The Kier molecular flexibility index (Phi) is 2.14. The van der Waals surface area contributed by atoms with Gasteiger partial charge in [-0.05, 0) is 49.7 Å². The van der Waals surface area contributed by atoms with Crippen LogP contribution in [0, 0.1) is 5.41 Å². The zero-order valence-corrected chi connectivity index (χ0v) is 11.5. The first kappa shape index (κ1) is 11.1. The molecule has 2 aliphatic rings. The highest BCUT2D eigenvalue weighted by molar-refractivity contribution is 5.65. The highest BCUT2D eigenvalue weighted by Gasteiger charge is 2.47. The average Bonchev–Trinajstić information content (AvgIpc) is 2.26. The second kappa shape index (κ2) is 3.28. The molecule has 0 amide bonds. The lowest BCUT2D eigenvalue weighted by molar-refractivity contribution is 0.171. The van der Waals surface area contributed by atoms with Crippen LogP contribution in [0.1, 0.15) is 45.2 Å². The third kappa shape index (κ3) is 1.38. The Morgan fingerprint density at radius 3 is 2.53 bits per heavy atom. The van der Waals surface area contributed by atoms with Crippen molar-refractivity contribution in [3.05, 3.63) is 29.3 Å². The molecule has 2 aliphatic heterocycles.